The van der Waals surface area contributed by atoms with E-state index in [1.807, 2.05) is 51.1 Å². The number of amides is 2. The molecule has 2 amide bonds. The predicted octanol–water partition coefficient (Wildman–Crippen LogP) is 3.00. The maximum absolute atomic E-state index is 12.2. The first-order chi connectivity index (χ1) is 10.8. The number of hydrogen-bond acceptors (Lipinski definition) is 3. The van der Waals surface area contributed by atoms with E-state index >= 15 is 0 Å². The van der Waals surface area contributed by atoms with Crippen molar-refractivity contribution in [3.63, 3.8) is 0 Å². The third-order valence-corrected chi connectivity index (χ3v) is 3.83. The quantitative estimate of drug-likeness (QED) is 0.897. The maximum atomic E-state index is 12.2. The van der Waals surface area contributed by atoms with Gasteiger partial charge in [-0.15, -0.1) is 0 Å². The van der Waals surface area contributed by atoms with Crippen LogP contribution in [0.2, 0.25) is 0 Å². The molecule has 2 N–H and O–H groups in total. The van der Waals surface area contributed by atoms with Crippen LogP contribution >= 0.6 is 0 Å². The molecule has 0 aromatic heterocycles. The normalized spacial score (nSPS) is 20.8. The van der Waals surface area contributed by atoms with Gasteiger partial charge in [-0.1, -0.05) is 30.3 Å². The highest BCUT2D eigenvalue weighted by Crippen LogP contribution is 2.26. The molecule has 1 saturated carbocycles. The molecule has 0 heterocycles. The van der Waals surface area contributed by atoms with E-state index in [-0.39, 0.29) is 17.9 Å². The van der Waals surface area contributed by atoms with Gasteiger partial charge < -0.3 is 15.4 Å². The predicted molar refractivity (Wildman–Crippen MR) is 88.8 cm³/mol. The molecule has 2 unspecified atom stereocenters. The van der Waals surface area contributed by atoms with Crippen LogP contribution in [0.3, 0.4) is 0 Å². The lowest BCUT2D eigenvalue weighted by Crippen LogP contribution is -2.38. The van der Waals surface area contributed by atoms with E-state index in [1.54, 1.807) is 0 Å². The molecule has 1 aromatic carbocycles. The van der Waals surface area contributed by atoms with Gasteiger partial charge in [-0.2, -0.15) is 0 Å². The first-order valence-corrected chi connectivity index (χ1v) is 8.14. The van der Waals surface area contributed by atoms with Crippen molar-refractivity contribution in [1.82, 2.24) is 10.6 Å². The molecule has 2 atom stereocenters. The van der Waals surface area contributed by atoms with Crippen molar-refractivity contribution in [3.05, 3.63) is 35.9 Å². The molecule has 23 heavy (non-hydrogen) atoms. The Morgan fingerprint density at radius 1 is 1.17 bits per heavy atom. The molecule has 5 heteroatoms. The van der Waals surface area contributed by atoms with Crippen molar-refractivity contribution in [2.45, 2.75) is 58.2 Å². The molecule has 0 bridgehead atoms. The van der Waals surface area contributed by atoms with Crippen molar-refractivity contribution < 1.29 is 14.3 Å². The summed E-state index contributed by atoms with van der Waals surface area (Å²) in [6.07, 6.45) is 1.86. The Labute approximate surface area is 137 Å². The topological polar surface area (TPSA) is 67.4 Å². The standard InChI is InChI=1S/C18H26N2O3/c1-18(2,3)23-17(22)20-15-10-9-14(11-15)16(21)19-12-13-7-5-4-6-8-13/h4-8,14-15H,9-12H2,1-3H3,(H,19,21)(H,20,22). The van der Waals surface area contributed by atoms with Crippen molar-refractivity contribution >= 4 is 12.0 Å². The zero-order chi connectivity index (χ0) is 16.9. The van der Waals surface area contributed by atoms with Crippen LogP contribution < -0.4 is 10.6 Å². The van der Waals surface area contributed by atoms with Gasteiger partial charge in [0.05, 0.1) is 0 Å². The van der Waals surface area contributed by atoms with Gasteiger partial charge in [-0.3, -0.25) is 4.79 Å². The highest BCUT2D eigenvalue weighted by molar-refractivity contribution is 5.79. The van der Waals surface area contributed by atoms with Gasteiger partial charge in [0.15, 0.2) is 0 Å². The Bertz CT molecular complexity index is 537. The van der Waals surface area contributed by atoms with Crippen LogP contribution in [0.5, 0.6) is 0 Å². The van der Waals surface area contributed by atoms with Gasteiger partial charge in [-0.05, 0) is 45.6 Å². The first kappa shape index (κ1) is 17.3. The fraction of sp³-hybridized carbons (Fsp3) is 0.556. The van der Waals surface area contributed by atoms with Gasteiger partial charge >= 0.3 is 6.09 Å². The van der Waals surface area contributed by atoms with Crippen LogP contribution in [0.1, 0.15) is 45.6 Å². The van der Waals surface area contributed by atoms with Crippen LogP contribution in [0.25, 0.3) is 0 Å². The van der Waals surface area contributed by atoms with Gasteiger partial charge in [0.1, 0.15) is 5.60 Å². The number of alkyl carbamates (subject to hydrolysis) is 1. The summed E-state index contributed by atoms with van der Waals surface area (Å²) >= 11 is 0. The lowest BCUT2D eigenvalue weighted by atomic mass is 10.1. The Morgan fingerprint density at radius 2 is 1.87 bits per heavy atom. The minimum Gasteiger partial charge on any atom is -0.444 e. The lowest BCUT2D eigenvalue weighted by molar-refractivity contribution is -0.125. The molecule has 0 radical (unpaired) electrons. The maximum Gasteiger partial charge on any atom is 0.407 e. The van der Waals surface area contributed by atoms with Crippen molar-refractivity contribution in [2.75, 3.05) is 0 Å². The number of benzene rings is 1. The third kappa shape index (κ3) is 5.93. The summed E-state index contributed by atoms with van der Waals surface area (Å²) in [4.78, 5) is 24.0. The fourth-order valence-electron chi connectivity index (χ4n) is 2.75. The van der Waals surface area contributed by atoms with Gasteiger partial charge in [-0.25, -0.2) is 4.79 Å². The van der Waals surface area contributed by atoms with Crippen LogP contribution in [-0.4, -0.2) is 23.6 Å². The minimum absolute atomic E-state index is 0.0114. The zero-order valence-corrected chi connectivity index (χ0v) is 14.1. The molecule has 0 spiro atoms. The Balaban J connectivity index is 1.74. The average molecular weight is 318 g/mol. The fourth-order valence-corrected chi connectivity index (χ4v) is 2.75. The smallest absolute Gasteiger partial charge is 0.407 e. The second-order valence-corrected chi connectivity index (χ2v) is 7.06. The number of ether oxygens (including phenoxy) is 1. The van der Waals surface area contributed by atoms with Crippen LogP contribution in [0.15, 0.2) is 30.3 Å². The molecule has 126 valence electrons. The molecule has 2 rings (SSSR count). The summed E-state index contributed by atoms with van der Waals surface area (Å²) in [5.74, 6) is 0.0148. The average Bonchev–Trinajstić information content (AvgIpc) is 2.92. The van der Waals surface area contributed by atoms with E-state index in [4.69, 9.17) is 4.74 Å². The van der Waals surface area contributed by atoms with Crippen molar-refractivity contribution in [2.24, 2.45) is 5.92 Å². The third-order valence-electron chi connectivity index (χ3n) is 3.83. The molecule has 1 aliphatic carbocycles. The number of carbonyl (C=O) groups is 2. The number of carbonyl (C=O) groups excluding carboxylic acids is 2. The number of nitrogens with one attached hydrogen (secondary N) is 2. The van der Waals surface area contributed by atoms with Crippen LogP contribution in [0, 0.1) is 5.92 Å². The summed E-state index contributed by atoms with van der Waals surface area (Å²) in [5, 5.41) is 5.82. The SMILES string of the molecule is CC(C)(C)OC(=O)NC1CCC(C(=O)NCc2ccccc2)C1. The lowest BCUT2D eigenvalue weighted by Gasteiger charge is -2.21. The molecular weight excluding hydrogens is 292 g/mol. The van der Waals surface area contributed by atoms with Crippen LogP contribution in [0.4, 0.5) is 4.79 Å². The Kier molecular flexibility index (Phi) is 5.64. The van der Waals surface area contributed by atoms with E-state index < -0.39 is 11.7 Å². The highest BCUT2D eigenvalue weighted by atomic mass is 16.6. The van der Waals surface area contributed by atoms with E-state index in [0.717, 1.165) is 18.4 Å². The van der Waals surface area contributed by atoms with Gasteiger partial charge in [0, 0.05) is 18.5 Å². The van der Waals surface area contributed by atoms with Gasteiger partial charge in [0.2, 0.25) is 5.91 Å². The molecule has 0 saturated heterocycles. The number of rotatable bonds is 4. The molecule has 1 aromatic rings. The summed E-state index contributed by atoms with van der Waals surface area (Å²) in [5.41, 5.74) is 0.581. The van der Waals surface area contributed by atoms with Crippen molar-refractivity contribution in [1.29, 1.82) is 0 Å². The Morgan fingerprint density at radius 3 is 2.52 bits per heavy atom. The van der Waals surface area contributed by atoms with E-state index in [0.29, 0.717) is 13.0 Å². The second kappa shape index (κ2) is 7.49. The highest BCUT2D eigenvalue weighted by Gasteiger charge is 2.31. The Hall–Kier alpha value is -2.04. The molecular formula is C18H26N2O3. The second-order valence-electron chi connectivity index (χ2n) is 7.06. The van der Waals surface area contributed by atoms with Gasteiger partial charge in [0.25, 0.3) is 0 Å². The molecule has 1 fully saturated rings. The van der Waals surface area contributed by atoms with Crippen molar-refractivity contribution in [3.8, 4) is 0 Å². The summed E-state index contributed by atoms with van der Waals surface area (Å²) in [7, 11) is 0. The summed E-state index contributed by atoms with van der Waals surface area (Å²) in [6, 6.07) is 9.85. The first-order valence-electron chi connectivity index (χ1n) is 8.14. The number of hydrogen-bond donors (Lipinski definition) is 2. The molecule has 0 aliphatic heterocycles. The summed E-state index contributed by atoms with van der Waals surface area (Å²) < 4.78 is 5.25. The zero-order valence-electron chi connectivity index (χ0n) is 14.1. The summed E-state index contributed by atoms with van der Waals surface area (Å²) in [6.45, 7) is 6.05. The molecule has 1 aliphatic rings. The van der Waals surface area contributed by atoms with E-state index in [9.17, 15) is 9.59 Å². The van der Waals surface area contributed by atoms with E-state index in [1.165, 1.54) is 0 Å². The largest absolute Gasteiger partial charge is 0.444 e. The van der Waals surface area contributed by atoms with Crippen LogP contribution in [-0.2, 0) is 16.1 Å². The molecule has 5 nitrogen and oxygen atoms in total. The minimum atomic E-state index is -0.505. The van der Waals surface area contributed by atoms with E-state index in [2.05, 4.69) is 10.6 Å². The monoisotopic (exact) mass is 318 g/mol.